The van der Waals surface area contributed by atoms with Crippen molar-refractivity contribution in [2.45, 2.75) is 45.2 Å². The molecule has 94 valence electrons. The van der Waals surface area contributed by atoms with Crippen molar-refractivity contribution >= 4 is 0 Å². The van der Waals surface area contributed by atoms with Crippen LogP contribution in [-0.2, 0) is 4.74 Å². The molecule has 0 saturated carbocycles. The van der Waals surface area contributed by atoms with Crippen LogP contribution in [0.1, 0.15) is 33.1 Å². The summed E-state index contributed by atoms with van der Waals surface area (Å²) < 4.78 is 5.44. The summed E-state index contributed by atoms with van der Waals surface area (Å²) in [5, 5.41) is 7.21. The van der Waals surface area contributed by atoms with E-state index in [2.05, 4.69) is 24.5 Å². The van der Waals surface area contributed by atoms with Crippen LogP contribution >= 0.6 is 0 Å². The first-order valence-electron chi connectivity index (χ1n) is 6.80. The largest absolute Gasteiger partial charge is 0.381 e. The topological polar surface area (TPSA) is 33.3 Å². The Hall–Kier alpha value is -0.120. The van der Waals surface area contributed by atoms with Crippen molar-refractivity contribution in [3.8, 4) is 0 Å². The van der Waals surface area contributed by atoms with Gasteiger partial charge >= 0.3 is 0 Å². The zero-order valence-electron chi connectivity index (χ0n) is 10.7. The van der Waals surface area contributed by atoms with Crippen LogP contribution in [0.15, 0.2) is 0 Å². The Morgan fingerprint density at radius 3 is 3.00 bits per heavy atom. The van der Waals surface area contributed by atoms with Gasteiger partial charge in [0.25, 0.3) is 0 Å². The third-order valence-electron chi connectivity index (χ3n) is 4.13. The van der Waals surface area contributed by atoms with Gasteiger partial charge in [-0.25, -0.2) is 0 Å². The normalized spacial score (nSPS) is 37.5. The molecule has 2 heterocycles. The molecule has 2 aliphatic heterocycles. The van der Waals surface area contributed by atoms with Crippen LogP contribution in [0.5, 0.6) is 0 Å². The van der Waals surface area contributed by atoms with Crippen molar-refractivity contribution in [1.82, 2.24) is 10.6 Å². The lowest BCUT2D eigenvalue weighted by molar-refractivity contribution is 0.176. The smallest absolute Gasteiger partial charge is 0.0509 e. The Morgan fingerprint density at radius 1 is 1.44 bits per heavy atom. The summed E-state index contributed by atoms with van der Waals surface area (Å²) in [7, 11) is 0. The summed E-state index contributed by atoms with van der Waals surface area (Å²) in [5.41, 5.74) is 0. The molecular weight excluding hydrogens is 200 g/mol. The predicted molar refractivity (Wildman–Crippen MR) is 66.6 cm³/mol. The highest BCUT2D eigenvalue weighted by Crippen LogP contribution is 2.18. The summed E-state index contributed by atoms with van der Waals surface area (Å²) in [6, 6.07) is 1.32. The first-order valence-corrected chi connectivity index (χ1v) is 6.80. The monoisotopic (exact) mass is 226 g/mol. The molecule has 0 radical (unpaired) electrons. The van der Waals surface area contributed by atoms with E-state index >= 15 is 0 Å². The van der Waals surface area contributed by atoms with Crippen molar-refractivity contribution in [2.24, 2.45) is 11.8 Å². The average Bonchev–Trinajstić information content (AvgIpc) is 2.79. The number of piperidine rings is 1. The second-order valence-electron chi connectivity index (χ2n) is 5.57. The van der Waals surface area contributed by atoms with Crippen molar-refractivity contribution in [1.29, 1.82) is 0 Å². The third kappa shape index (κ3) is 3.44. The molecule has 3 nitrogen and oxygen atoms in total. The number of rotatable bonds is 4. The van der Waals surface area contributed by atoms with E-state index in [0.717, 1.165) is 25.0 Å². The maximum absolute atomic E-state index is 5.44. The minimum atomic E-state index is 0.618. The molecule has 0 amide bonds. The first kappa shape index (κ1) is 12.3. The highest BCUT2D eigenvalue weighted by molar-refractivity contribution is 4.80. The molecule has 3 heteroatoms. The molecule has 0 aromatic carbocycles. The standard InChI is InChI=1S/C13H26N2O/c1-10-7-12(3-5-14-10)8-15-11(2)13-4-6-16-9-13/h10-15H,3-9H2,1-2H3. The molecule has 2 aliphatic rings. The molecule has 0 aromatic heterocycles. The quantitative estimate of drug-likeness (QED) is 0.760. The maximum Gasteiger partial charge on any atom is 0.0509 e. The number of hydrogen-bond donors (Lipinski definition) is 2. The van der Waals surface area contributed by atoms with Gasteiger partial charge in [-0.1, -0.05) is 0 Å². The molecule has 2 fully saturated rings. The van der Waals surface area contributed by atoms with Gasteiger partial charge in [0.1, 0.15) is 0 Å². The van der Waals surface area contributed by atoms with E-state index in [-0.39, 0.29) is 0 Å². The third-order valence-corrected chi connectivity index (χ3v) is 4.13. The summed E-state index contributed by atoms with van der Waals surface area (Å²) in [4.78, 5) is 0. The van der Waals surface area contributed by atoms with Crippen LogP contribution < -0.4 is 10.6 Å². The van der Waals surface area contributed by atoms with Crippen molar-refractivity contribution in [3.63, 3.8) is 0 Å². The van der Waals surface area contributed by atoms with Crippen LogP contribution in [0.25, 0.3) is 0 Å². The van der Waals surface area contributed by atoms with Crippen molar-refractivity contribution in [3.05, 3.63) is 0 Å². The van der Waals surface area contributed by atoms with Crippen LogP contribution in [-0.4, -0.2) is 38.4 Å². The summed E-state index contributed by atoms with van der Waals surface area (Å²) >= 11 is 0. The van der Waals surface area contributed by atoms with E-state index in [0.29, 0.717) is 12.1 Å². The van der Waals surface area contributed by atoms with Crippen LogP contribution in [0.3, 0.4) is 0 Å². The lowest BCUT2D eigenvalue weighted by Gasteiger charge is -2.30. The van der Waals surface area contributed by atoms with Gasteiger partial charge < -0.3 is 15.4 Å². The minimum absolute atomic E-state index is 0.618. The number of ether oxygens (including phenoxy) is 1. The van der Waals surface area contributed by atoms with Gasteiger partial charge in [0.15, 0.2) is 0 Å². The molecule has 4 unspecified atom stereocenters. The average molecular weight is 226 g/mol. The highest BCUT2D eigenvalue weighted by Gasteiger charge is 2.24. The fourth-order valence-electron chi connectivity index (χ4n) is 2.89. The lowest BCUT2D eigenvalue weighted by atomic mass is 9.92. The van der Waals surface area contributed by atoms with E-state index in [9.17, 15) is 0 Å². The van der Waals surface area contributed by atoms with Crippen molar-refractivity contribution < 1.29 is 4.74 Å². The summed E-state index contributed by atoms with van der Waals surface area (Å²) in [6.45, 7) is 8.89. The molecular formula is C13H26N2O. The van der Waals surface area contributed by atoms with Gasteiger partial charge in [-0.05, 0) is 58.0 Å². The molecule has 0 spiro atoms. The molecule has 0 bridgehead atoms. The Bertz CT molecular complexity index is 202. The fraction of sp³-hybridized carbons (Fsp3) is 1.00. The number of nitrogens with one attached hydrogen (secondary N) is 2. The zero-order chi connectivity index (χ0) is 11.4. The summed E-state index contributed by atoms with van der Waals surface area (Å²) in [5.74, 6) is 1.60. The molecule has 4 atom stereocenters. The van der Waals surface area contributed by atoms with Gasteiger partial charge in [0, 0.05) is 18.7 Å². The Balaban J connectivity index is 1.65. The van der Waals surface area contributed by atoms with Crippen LogP contribution in [0.2, 0.25) is 0 Å². The van der Waals surface area contributed by atoms with Crippen LogP contribution in [0, 0.1) is 11.8 Å². The molecule has 0 aromatic rings. The fourth-order valence-corrected chi connectivity index (χ4v) is 2.89. The minimum Gasteiger partial charge on any atom is -0.381 e. The van der Waals surface area contributed by atoms with E-state index in [1.807, 2.05) is 0 Å². The molecule has 0 aliphatic carbocycles. The lowest BCUT2D eigenvalue weighted by Crippen LogP contribution is -2.42. The molecule has 2 rings (SSSR count). The van der Waals surface area contributed by atoms with Gasteiger partial charge in [0.2, 0.25) is 0 Å². The van der Waals surface area contributed by atoms with E-state index in [4.69, 9.17) is 4.74 Å². The second kappa shape index (κ2) is 5.99. The number of hydrogen-bond acceptors (Lipinski definition) is 3. The summed E-state index contributed by atoms with van der Waals surface area (Å²) in [6.07, 6.45) is 3.88. The Kier molecular flexibility index (Phi) is 4.62. The maximum atomic E-state index is 5.44. The zero-order valence-corrected chi connectivity index (χ0v) is 10.7. The van der Waals surface area contributed by atoms with Gasteiger partial charge in [-0.15, -0.1) is 0 Å². The van der Waals surface area contributed by atoms with E-state index in [1.165, 1.54) is 32.4 Å². The van der Waals surface area contributed by atoms with Gasteiger partial charge in [-0.3, -0.25) is 0 Å². The van der Waals surface area contributed by atoms with Crippen LogP contribution in [0.4, 0.5) is 0 Å². The van der Waals surface area contributed by atoms with Crippen molar-refractivity contribution in [2.75, 3.05) is 26.3 Å². The highest BCUT2D eigenvalue weighted by atomic mass is 16.5. The predicted octanol–water partition coefficient (Wildman–Crippen LogP) is 1.39. The molecule has 2 saturated heterocycles. The Labute approximate surface area is 99.3 Å². The first-order chi connectivity index (χ1) is 7.75. The molecule has 2 N–H and O–H groups in total. The van der Waals surface area contributed by atoms with E-state index < -0.39 is 0 Å². The molecule has 16 heavy (non-hydrogen) atoms. The SMILES string of the molecule is CC1CC(CNC(C)C2CCOC2)CCN1. The van der Waals surface area contributed by atoms with E-state index in [1.54, 1.807) is 0 Å². The Morgan fingerprint density at radius 2 is 2.31 bits per heavy atom. The second-order valence-corrected chi connectivity index (χ2v) is 5.57. The van der Waals surface area contributed by atoms with Gasteiger partial charge in [0.05, 0.1) is 6.61 Å². The van der Waals surface area contributed by atoms with Gasteiger partial charge in [-0.2, -0.15) is 0 Å².